The summed E-state index contributed by atoms with van der Waals surface area (Å²) in [6.45, 7) is 17.5. The number of benzene rings is 1. The molecule has 1 aromatic carbocycles. The first kappa shape index (κ1) is 31.7. The number of ketones is 2. The molecular formula is C40H50N2O3. The van der Waals surface area contributed by atoms with Crippen molar-refractivity contribution in [2.24, 2.45) is 44.8 Å². The zero-order chi connectivity index (χ0) is 32.8. The van der Waals surface area contributed by atoms with Crippen molar-refractivity contribution in [3.05, 3.63) is 64.8 Å². The van der Waals surface area contributed by atoms with E-state index in [2.05, 4.69) is 52.9 Å². The Balaban J connectivity index is 1.41. The number of carbonyl (C=O) groups is 3. The van der Waals surface area contributed by atoms with Gasteiger partial charge in [0, 0.05) is 28.4 Å². The molecule has 0 bridgehead atoms. The van der Waals surface area contributed by atoms with Crippen molar-refractivity contribution in [2.45, 2.75) is 106 Å². The van der Waals surface area contributed by atoms with Crippen LogP contribution in [-0.4, -0.2) is 23.0 Å². The van der Waals surface area contributed by atoms with Gasteiger partial charge in [0.05, 0.1) is 5.57 Å². The van der Waals surface area contributed by atoms with E-state index in [0.29, 0.717) is 0 Å². The van der Waals surface area contributed by atoms with Crippen LogP contribution in [-0.2, 0) is 14.4 Å². The Morgan fingerprint density at radius 1 is 0.956 bits per heavy atom. The Labute approximate surface area is 269 Å². The van der Waals surface area contributed by atoms with Crippen molar-refractivity contribution < 1.29 is 14.4 Å². The highest BCUT2D eigenvalue weighted by molar-refractivity contribution is 6.04. The van der Waals surface area contributed by atoms with Crippen LogP contribution in [0.4, 0.5) is 0 Å². The maximum absolute atomic E-state index is 14.7. The molecule has 5 nitrogen and oxygen atoms in total. The molecule has 5 aliphatic carbocycles. The molecule has 0 heterocycles. The zero-order valence-corrected chi connectivity index (χ0v) is 28.5. The molecule has 1 unspecified atom stereocenters. The number of nitrogens with one attached hydrogen (secondary N) is 1. The van der Waals surface area contributed by atoms with Crippen molar-refractivity contribution >= 4 is 23.5 Å². The molecule has 5 aliphatic rings. The van der Waals surface area contributed by atoms with Gasteiger partial charge in [-0.05, 0) is 97.7 Å². The van der Waals surface area contributed by atoms with Gasteiger partial charge in [-0.25, -0.2) is 0 Å². The number of amides is 1. The molecule has 3 saturated carbocycles. The van der Waals surface area contributed by atoms with Gasteiger partial charge >= 0.3 is 0 Å². The van der Waals surface area contributed by atoms with Crippen LogP contribution in [0.5, 0.6) is 0 Å². The molecule has 0 spiro atoms. The summed E-state index contributed by atoms with van der Waals surface area (Å²) >= 11 is 0. The summed E-state index contributed by atoms with van der Waals surface area (Å²) in [6.07, 6.45) is 13.6. The number of aryl methyl sites for hydroxylation is 1. The predicted molar refractivity (Wildman–Crippen MR) is 178 cm³/mol. The predicted octanol–water partition coefficient (Wildman–Crippen LogP) is 8.10. The number of Topliss-reactive ketones (excluding diaryl/α,β-unsaturated/α-hetero) is 1. The lowest BCUT2D eigenvalue weighted by Gasteiger charge is -2.69. The van der Waals surface area contributed by atoms with E-state index in [4.69, 9.17) is 0 Å². The standard InChI is InChI=1S/C40H50N2O3/c1-25-9-11-26(12-10-25)13-14-32(44)42-40-19-17-35(2,3)23-28(40)33-29(43)21-31-37(6)22-27(24-41)34(45)36(4,5)30(37)15-16-38(31,7)39(33,8)18-20-40/h9-14,21-22,28,30,33H,15-20,23H2,1-8H3,(H,42,44)/b14-13+/t28-,30?,33-,37-,38+,39+,40-/m0/s1. The number of nitriles is 1. The first-order valence-corrected chi connectivity index (χ1v) is 16.9. The smallest absolute Gasteiger partial charge is 0.244 e. The summed E-state index contributed by atoms with van der Waals surface area (Å²) in [6, 6.07) is 10.3. The van der Waals surface area contributed by atoms with Gasteiger partial charge in [-0.15, -0.1) is 0 Å². The molecule has 1 N–H and O–H groups in total. The molecule has 5 heteroatoms. The lowest BCUT2D eigenvalue weighted by atomic mass is 9.35. The molecule has 0 aliphatic heterocycles. The molecule has 1 amide bonds. The quantitative estimate of drug-likeness (QED) is 0.352. The van der Waals surface area contributed by atoms with E-state index in [1.165, 1.54) is 5.56 Å². The van der Waals surface area contributed by atoms with Crippen molar-refractivity contribution in [3.8, 4) is 6.07 Å². The van der Waals surface area contributed by atoms with Gasteiger partial charge in [0.2, 0.25) is 5.91 Å². The average molecular weight is 607 g/mol. The third-order valence-corrected chi connectivity index (χ3v) is 13.7. The fourth-order valence-electron chi connectivity index (χ4n) is 11.0. The Bertz CT molecular complexity index is 1600. The summed E-state index contributed by atoms with van der Waals surface area (Å²) in [4.78, 5) is 41.6. The van der Waals surface area contributed by atoms with E-state index < -0.39 is 16.4 Å². The maximum atomic E-state index is 14.7. The summed E-state index contributed by atoms with van der Waals surface area (Å²) in [5, 5.41) is 13.5. The van der Waals surface area contributed by atoms with Crippen LogP contribution in [0.25, 0.3) is 6.08 Å². The minimum absolute atomic E-state index is 0.0257. The average Bonchev–Trinajstić information content (AvgIpc) is 2.96. The fraction of sp³-hybridized carbons (Fsp3) is 0.600. The molecule has 3 fully saturated rings. The minimum Gasteiger partial charge on any atom is -0.347 e. The van der Waals surface area contributed by atoms with E-state index in [1.807, 2.05) is 56.3 Å². The van der Waals surface area contributed by atoms with E-state index in [1.54, 1.807) is 6.08 Å². The number of hydrogen-bond acceptors (Lipinski definition) is 4. The second-order valence-electron chi connectivity index (χ2n) is 17.1. The zero-order valence-electron chi connectivity index (χ0n) is 28.5. The molecule has 0 saturated heterocycles. The van der Waals surface area contributed by atoms with Crippen molar-refractivity contribution in [3.63, 3.8) is 0 Å². The van der Waals surface area contributed by atoms with Crippen LogP contribution in [0.3, 0.4) is 0 Å². The van der Waals surface area contributed by atoms with Crippen LogP contribution in [0.1, 0.15) is 105 Å². The highest BCUT2D eigenvalue weighted by atomic mass is 16.2. The maximum Gasteiger partial charge on any atom is 0.244 e. The Morgan fingerprint density at radius 2 is 1.62 bits per heavy atom. The third-order valence-electron chi connectivity index (χ3n) is 13.7. The summed E-state index contributed by atoms with van der Waals surface area (Å²) < 4.78 is 0. The third kappa shape index (κ3) is 4.56. The molecule has 238 valence electrons. The fourth-order valence-corrected chi connectivity index (χ4v) is 11.0. The number of fused-ring (bicyclic) bond motifs is 7. The van der Waals surface area contributed by atoms with Crippen LogP contribution in [0.15, 0.2) is 53.6 Å². The van der Waals surface area contributed by atoms with Crippen LogP contribution in [0.2, 0.25) is 0 Å². The highest BCUT2D eigenvalue weighted by Gasteiger charge is 2.70. The van der Waals surface area contributed by atoms with Gasteiger partial charge in [0.15, 0.2) is 11.6 Å². The van der Waals surface area contributed by atoms with E-state index >= 15 is 0 Å². The minimum atomic E-state index is -0.678. The number of nitrogens with zero attached hydrogens (tertiary/aromatic N) is 1. The molecule has 1 aromatic rings. The normalized spacial score (nSPS) is 39.8. The van der Waals surface area contributed by atoms with Gasteiger partial charge in [-0.1, -0.05) is 89.9 Å². The highest BCUT2D eigenvalue weighted by Crippen LogP contribution is 2.73. The monoisotopic (exact) mass is 606 g/mol. The van der Waals surface area contributed by atoms with Crippen LogP contribution < -0.4 is 5.32 Å². The lowest BCUT2D eigenvalue weighted by Crippen LogP contribution is -2.69. The number of hydrogen-bond donors (Lipinski definition) is 1. The van der Waals surface area contributed by atoms with Crippen molar-refractivity contribution in [2.75, 3.05) is 0 Å². The molecule has 7 atom stereocenters. The number of allylic oxidation sites excluding steroid dienone is 4. The van der Waals surface area contributed by atoms with Gasteiger partial charge in [0.1, 0.15) is 6.07 Å². The Morgan fingerprint density at radius 3 is 2.29 bits per heavy atom. The van der Waals surface area contributed by atoms with E-state index in [0.717, 1.165) is 56.1 Å². The molecule has 45 heavy (non-hydrogen) atoms. The molecule has 6 rings (SSSR count). The molecule has 0 radical (unpaired) electrons. The van der Waals surface area contributed by atoms with Gasteiger partial charge < -0.3 is 5.32 Å². The second kappa shape index (κ2) is 10.1. The van der Waals surface area contributed by atoms with Crippen LogP contribution >= 0.6 is 0 Å². The van der Waals surface area contributed by atoms with Gasteiger partial charge in [0.25, 0.3) is 0 Å². The molecular weight excluding hydrogens is 556 g/mol. The molecule has 0 aromatic heterocycles. The SMILES string of the molecule is Cc1ccc(/C=C/C(=O)N[C@]23CCC(C)(C)C[C@H]2[C@H]2C(=O)C=C4[C@@]5(C)C=C(C#N)C(=O)C(C)(C)C5CC[C@@]4(C)[C@]2(C)CC3)cc1. The summed E-state index contributed by atoms with van der Waals surface area (Å²) in [7, 11) is 0. The Hall–Kier alpha value is -3.26. The second-order valence-corrected chi connectivity index (χ2v) is 17.1. The lowest BCUT2D eigenvalue weighted by molar-refractivity contribution is -0.163. The van der Waals surface area contributed by atoms with Crippen LogP contribution in [0, 0.1) is 63.1 Å². The van der Waals surface area contributed by atoms with Gasteiger partial charge in [-0.2, -0.15) is 5.26 Å². The van der Waals surface area contributed by atoms with E-state index in [9.17, 15) is 19.6 Å². The van der Waals surface area contributed by atoms with Gasteiger partial charge in [-0.3, -0.25) is 14.4 Å². The van der Waals surface area contributed by atoms with E-state index in [-0.39, 0.29) is 57.0 Å². The van der Waals surface area contributed by atoms with Crippen molar-refractivity contribution in [1.82, 2.24) is 5.32 Å². The summed E-state index contributed by atoms with van der Waals surface area (Å²) in [5.41, 5.74) is 1.34. The first-order chi connectivity index (χ1) is 20.9. The largest absolute Gasteiger partial charge is 0.347 e. The first-order valence-electron chi connectivity index (χ1n) is 16.9. The Kier molecular flexibility index (Phi) is 7.13. The summed E-state index contributed by atoms with van der Waals surface area (Å²) in [5.74, 6) is -0.173. The van der Waals surface area contributed by atoms with Crippen molar-refractivity contribution in [1.29, 1.82) is 5.26 Å². The number of carbonyl (C=O) groups excluding carboxylic acids is 3. The number of rotatable bonds is 3. The topological polar surface area (TPSA) is 87.0 Å².